The fourth-order valence-electron chi connectivity index (χ4n) is 1.19. The zero-order valence-electron chi connectivity index (χ0n) is 8.24. The van der Waals surface area contributed by atoms with Crippen LogP contribution < -0.4 is 4.74 Å². The second-order valence-corrected chi connectivity index (χ2v) is 2.92. The summed E-state index contributed by atoms with van der Waals surface area (Å²) in [6.07, 6.45) is 0. The number of aryl methyl sites for hydroxylation is 2. The Morgan fingerprint density at radius 1 is 1.57 bits per heavy atom. The summed E-state index contributed by atoms with van der Waals surface area (Å²) in [5, 5.41) is 17.4. The van der Waals surface area contributed by atoms with Crippen molar-refractivity contribution in [3.05, 3.63) is 22.9 Å². The van der Waals surface area contributed by atoms with Gasteiger partial charge in [-0.05, 0) is 19.4 Å². The van der Waals surface area contributed by atoms with Gasteiger partial charge in [-0.3, -0.25) is 0 Å². The van der Waals surface area contributed by atoms with Crippen LogP contribution in [-0.2, 0) is 0 Å². The van der Waals surface area contributed by atoms with Crippen molar-refractivity contribution in [2.24, 2.45) is 0 Å². The summed E-state index contributed by atoms with van der Waals surface area (Å²) >= 11 is 0. The second-order valence-electron chi connectivity index (χ2n) is 2.92. The molecule has 4 nitrogen and oxygen atoms in total. The Bertz CT molecular complexity index is 346. The van der Waals surface area contributed by atoms with E-state index in [1.54, 1.807) is 13.0 Å². The molecular weight excluding hydrogens is 180 g/mol. The first kappa shape index (κ1) is 10.5. The van der Waals surface area contributed by atoms with E-state index in [0.717, 1.165) is 5.56 Å². The molecule has 0 unspecified atom stereocenters. The molecule has 0 spiro atoms. The maximum atomic E-state index is 8.80. The van der Waals surface area contributed by atoms with Crippen molar-refractivity contribution in [1.29, 1.82) is 5.26 Å². The molecule has 0 aromatic carbocycles. The Morgan fingerprint density at radius 2 is 2.29 bits per heavy atom. The van der Waals surface area contributed by atoms with Gasteiger partial charge in [0.1, 0.15) is 12.7 Å². The largest absolute Gasteiger partial charge is 0.475 e. The minimum atomic E-state index is -0.0419. The number of nitriles is 1. The topological polar surface area (TPSA) is 66.1 Å². The van der Waals surface area contributed by atoms with Crippen molar-refractivity contribution in [3.63, 3.8) is 0 Å². The van der Waals surface area contributed by atoms with Crippen molar-refractivity contribution in [2.75, 3.05) is 13.2 Å². The summed E-state index contributed by atoms with van der Waals surface area (Å²) in [7, 11) is 0. The summed E-state index contributed by atoms with van der Waals surface area (Å²) in [5.41, 5.74) is 2.08. The van der Waals surface area contributed by atoms with Crippen LogP contribution in [0.15, 0.2) is 6.07 Å². The number of rotatable bonds is 3. The fraction of sp³-hybridized carbons (Fsp3) is 0.400. The fourth-order valence-corrected chi connectivity index (χ4v) is 1.19. The quantitative estimate of drug-likeness (QED) is 0.774. The molecule has 0 aliphatic rings. The molecule has 74 valence electrons. The number of hydrogen-bond acceptors (Lipinski definition) is 4. The lowest BCUT2D eigenvalue weighted by Gasteiger charge is -2.07. The Hall–Kier alpha value is -1.60. The molecule has 0 saturated carbocycles. The van der Waals surface area contributed by atoms with E-state index < -0.39 is 0 Å². The van der Waals surface area contributed by atoms with Gasteiger partial charge in [0, 0.05) is 6.07 Å². The first-order valence-corrected chi connectivity index (χ1v) is 4.31. The summed E-state index contributed by atoms with van der Waals surface area (Å²) in [6, 6.07) is 3.78. The number of aliphatic hydroxyl groups is 1. The predicted molar refractivity (Wildman–Crippen MR) is 51.0 cm³/mol. The van der Waals surface area contributed by atoms with Gasteiger partial charge in [0.25, 0.3) is 0 Å². The number of aromatic nitrogens is 1. The average Bonchev–Trinajstić information content (AvgIpc) is 2.14. The zero-order chi connectivity index (χ0) is 10.6. The Kier molecular flexibility index (Phi) is 3.43. The van der Waals surface area contributed by atoms with Gasteiger partial charge in [0.2, 0.25) is 5.88 Å². The smallest absolute Gasteiger partial charge is 0.213 e. The second kappa shape index (κ2) is 4.58. The Labute approximate surface area is 82.8 Å². The molecular formula is C10H12N2O2. The van der Waals surface area contributed by atoms with E-state index in [9.17, 15) is 0 Å². The molecule has 1 aromatic rings. The first-order valence-electron chi connectivity index (χ1n) is 4.31. The third-order valence-electron chi connectivity index (χ3n) is 1.83. The van der Waals surface area contributed by atoms with Crippen LogP contribution in [-0.4, -0.2) is 23.3 Å². The monoisotopic (exact) mass is 192 g/mol. The molecule has 0 amide bonds. The van der Waals surface area contributed by atoms with Gasteiger partial charge in [0.15, 0.2) is 0 Å². The molecule has 0 aliphatic carbocycles. The first-order chi connectivity index (χ1) is 6.69. The zero-order valence-corrected chi connectivity index (χ0v) is 8.24. The summed E-state index contributed by atoms with van der Waals surface area (Å²) < 4.78 is 5.15. The lowest BCUT2D eigenvalue weighted by Crippen LogP contribution is -2.04. The van der Waals surface area contributed by atoms with Crippen molar-refractivity contribution in [3.8, 4) is 11.9 Å². The lowest BCUT2D eigenvalue weighted by atomic mass is 10.1. The molecule has 0 fully saturated rings. The van der Waals surface area contributed by atoms with Gasteiger partial charge >= 0.3 is 0 Å². The maximum absolute atomic E-state index is 8.80. The number of pyridine rings is 1. The highest BCUT2D eigenvalue weighted by Crippen LogP contribution is 2.16. The van der Waals surface area contributed by atoms with Gasteiger partial charge < -0.3 is 9.84 Å². The van der Waals surface area contributed by atoms with Gasteiger partial charge in [-0.2, -0.15) is 5.26 Å². The number of nitrogens with zero attached hydrogens (tertiary/aromatic N) is 2. The molecule has 0 bridgehead atoms. The molecule has 0 saturated heterocycles. The van der Waals surface area contributed by atoms with Crippen molar-refractivity contribution in [1.82, 2.24) is 4.98 Å². The van der Waals surface area contributed by atoms with Crippen LogP contribution >= 0.6 is 0 Å². The number of aliphatic hydroxyl groups excluding tert-OH is 1. The van der Waals surface area contributed by atoms with Gasteiger partial charge in [0.05, 0.1) is 17.9 Å². The van der Waals surface area contributed by atoms with Crippen molar-refractivity contribution >= 4 is 0 Å². The minimum absolute atomic E-state index is 0.0419. The highest BCUT2D eigenvalue weighted by atomic mass is 16.5. The lowest BCUT2D eigenvalue weighted by molar-refractivity contribution is 0.196. The van der Waals surface area contributed by atoms with Gasteiger partial charge in [-0.25, -0.2) is 4.98 Å². The number of hydrogen-bond donors (Lipinski definition) is 1. The van der Waals surface area contributed by atoms with E-state index in [2.05, 4.69) is 11.1 Å². The SMILES string of the molecule is Cc1cc(OCCO)nc(C)c1C#N. The van der Waals surface area contributed by atoms with Crippen LogP contribution in [0.5, 0.6) is 5.88 Å². The van der Waals surface area contributed by atoms with Gasteiger partial charge in [-0.15, -0.1) is 0 Å². The van der Waals surface area contributed by atoms with Crippen LogP contribution in [0.4, 0.5) is 0 Å². The molecule has 1 heterocycles. The summed E-state index contributed by atoms with van der Waals surface area (Å²) in [6.45, 7) is 3.77. The average molecular weight is 192 g/mol. The highest BCUT2D eigenvalue weighted by molar-refractivity contribution is 5.42. The van der Waals surface area contributed by atoms with E-state index in [-0.39, 0.29) is 13.2 Å². The van der Waals surface area contributed by atoms with Crippen LogP contribution in [0.2, 0.25) is 0 Å². The van der Waals surface area contributed by atoms with Crippen molar-refractivity contribution < 1.29 is 9.84 Å². The molecule has 1 rings (SSSR count). The molecule has 1 N–H and O–H groups in total. The van der Waals surface area contributed by atoms with E-state index in [1.165, 1.54) is 0 Å². The summed E-state index contributed by atoms with van der Waals surface area (Å²) in [5.74, 6) is 0.452. The third-order valence-corrected chi connectivity index (χ3v) is 1.83. The van der Waals surface area contributed by atoms with E-state index in [0.29, 0.717) is 17.1 Å². The highest BCUT2D eigenvalue weighted by Gasteiger charge is 2.06. The molecule has 4 heteroatoms. The Balaban J connectivity index is 2.97. The molecule has 14 heavy (non-hydrogen) atoms. The summed E-state index contributed by atoms with van der Waals surface area (Å²) in [4.78, 5) is 4.09. The maximum Gasteiger partial charge on any atom is 0.213 e. The van der Waals surface area contributed by atoms with Crippen LogP contribution in [0.25, 0.3) is 0 Å². The molecule has 0 atom stereocenters. The number of ether oxygens (including phenoxy) is 1. The molecule has 0 aliphatic heterocycles. The van der Waals surface area contributed by atoms with E-state index in [1.807, 2.05) is 6.92 Å². The van der Waals surface area contributed by atoms with Crippen LogP contribution in [0.1, 0.15) is 16.8 Å². The van der Waals surface area contributed by atoms with Crippen molar-refractivity contribution in [2.45, 2.75) is 13.8 Å². The third kappa shape index (κ3) is 2.21. The van der Waals surface area contributed by atoms with Gasteiger partial charge in [-0.1, -0.05) is 0 Å². The normalized spacial score (nSPS) is 9.57. The standard InChI is InChI=1S/C10H12N2O2/c1-7-5-10(14-4-3-13)12-8(2)9(7)6-11/h5,13H,3-4H2,1-2H3. The predicted octanol–water partition coefficient (Wildman–Crippen LogP) is 0.941. The minimum Gasteiger partial charge on any atom is -0.475 e. The molecule has 0 radical (unpaired) electrons. The van der Waals surface area contributed by atoms with E-state index >= 15 is 0 Å². The van der Waals surface area contributed by atoms with E-state index in [4.69, 9.17) is 15.1 Å². The van der Waals surface area contributed by atoms with Crippen LogP contribution in [0, 0.1) is 25.2 Å². The molecule has 1 aromatic heterocycles. The Morgan fingerprint density at radius 3 is 2.79 bits per heavy atom. The van der Waals surface area contributed by atoms with Crippen LogP contribution in [0.3, 0.4) is 0 Å².